The lowest BCUT2D eigenvalue weighted by atomic mass is 10.1. The lowest BCUT2D eigenvalue weighted by molar-refractivity contribution is -0.162. The summed E-state index contributed by atoms with van der Waals surface area (Å²) in [6, 6.07) is 0. The van der Waals surface area contributed by atoms with Crippen LogP contribution in [0.1, 0.15) is 6.42 Å². The summed E-state index contributed by atoms with van der Waals surface area (Å²) in [6.45, 7) is 0. The zero-order valence-corrected chi connectivity index (χ0v) is 5.43. The Hall–Kier alpha value is 0.140. The van der Waals surface area contributed by atoms with Gasteiger partial charge >= 0.3 is 6.18 Å². The first-order chi connectivity index (χ1) is 4.11. The first-order valence-corrected chi connectivity index (χ1v) is 3.67. The molecule has 53 valence electrons. The van der Waals surface area contributed by atoms with Gasteiger partial charge in [-0.2, -0.15) is 24.9 Å². The molecule has 1 atom stereocenters. The normalized spacial score (nSPS) is 29.0. The maximum absolute atomic E-state index is 11.7. The van der Waals surface area contributed by atoms with Gasteiger partial charge in [-0.3, -0.25) is 0 Å². The molecule has 0 aromatic heterocycles. The molecule has 1 unspecified atom stereocenters. The van der Waals surface area contributed by atoms with Gasteiger partial charge in [0.25, 0.3) is 0 Å². The minimum Gasteiger partial charge on any atom is -0.171 e. The highest BCUT2D eigenvalue weighted by Crippen LogP contribution is 2.40. The van der Waals surface area contributed by atoms with E-state index < -0.39 is 12.1 Å². The van der Waals surface area contributed by atoms with E-state index in [1.807, 2.05) is 0 Å². The van der Waals surface area contributed by atoms with Crippen molar-refractivity contribution < 1.29 is 13.2 Å². The van der Waals surface area contributed by atoms with Gasteiger partial charge in [0, 0.05) is 5.75 Å². The number of hydrogen-bond acceptors (Lipinski definition) is 1. The first-order valence-electron chi connectivity index (χ1n) is 2.62. The molecular weight excluding hydrogens is 149 g/mol. The second-order valence-electron chi connectivity index (χ2n) is 1.94. The van der Waals surface area contributed by atoms with E-state index in [1.54, 1.807) is 0 Å². The summed E-state index contributed by atoms with van der Waals surface area (Å²) < 4.78 is 35.1. The SMILES string of the molecule is FC(F)(F)C1[CH]SCC1. The molecule has 0 amide bonds. The van der Waals surface area contributed by atoms with Gasteiger partial charge in [0.1, 0.15) is 0 Å². The Kier molecular flexibility index (Phi) is 1.94. The lowest BCUT2D eigenvalue weighted by Gasteiger charge is -2.11. The molecule has 1 aliphatic rings. The molecule has 1 rings (SSSR count). The highest BCUT2D eigenvalue weighted by atomic mass is 32.2. The Morgan fingerprint density at radius 3 is 2.33 bits per heavy atom. The third-order valence-corrected chi connectivity index (χ3v) is 2.22. The van der Waals surface area contributed by atoms with Crippen LogP contribution in [0, 0.1) is 11.7 Å². The molecule has 0 nitrogen and oxygen atoms in total. The molecule has 1 aliphatic heterocycles. The summed E-state index contributed by atoms with van der Waals surface area (Å²) in [5, 5.41) is 0. The van der Waals surface area contributed by atoms with Gasteiger partial charge in [-0.15, -0.1) is 0 Å². The van der Waals surface area contributed by atoms with Gasteiger partial charge in [0.05, 0.1) is 5.92 Å². The zero-order chi connectivity index (χ0) is 6.91. The van der Waals surface area contributed by atoms with Crippen molar-refractivity contribution >= 4 is 11.8 Å². The predicted molar refractivity (Wildman–Crippen MR) is 30.9 cm³/mol. The van der Waals surface area contributed by atoms with Crippen LogP contribution < -0.4 is 0 Å². The molecule has 1 saturated heterocycles. The summed E-state index contributed by atoms with van der Waals surface area (Å²) in [6.07, 6.45) is -3.74. The fraction of sp³-hybridized carbons (Fsp3) is 0.800. The number of hydrogen-bond donors (Lipinski definition) is 0. The van der Waals surface area contributed by atoms with Crippen molar-refractivity contribution in [2.75, 3.05) is 5.75 Å². The van der Waals surface area contributed by atoms with Crippen LogP contribution in [0.5, 0.6) is 0 Å². The van der Waals surface area contributed by atoms with Crippen LogP contribution in [0.2, 0.25) is 0 Å². The van der Waals surface area contributed by atoms with Crippen molar-refractivity contribution in [3.8, 4) is 0 Å². The van der Waals surface area contributed by atoms with Crippen LogP contribution in [0.15, 0.2) is 0 Å². The average Bonchev–Trinajstić information content (AvgIpc) is 2.08. The molecule has 1 heterocycles. The van der Waals surface area contributed by atoms with E-state index in [-0.39, 0.29) is 6.42 Å². The maximum Gasteiger partial charge on any atom is 0.392 e. The van der Waals surface area contributed by atoms with E-state index in [0.29, 0.717) is 5.75 Å². The van der Waals surface area contributed by atoms with Crippen LogP contribution in [0.3, 0.4) is 0 Å². The molecule has 0 N–H and O–H groups in total. The summed E-state index contributed by atoms with van der Waals surface area (Å²) in [5.41, 5.74) is 0. The minimum absolute atomic E-state index is 0.258. The molecule has 0 saturated carbocycles. The van der Waals surface area contributed by atoms with E-state index >= 15 is 0 Å². The third-order valence-electron chi connectivity index (χ3n) is 1.23. The van der Waals surface area contributed by atoms with Crippen LogP contribution >= 0.6 is 11.8 Å². The monoisotopic (exact) mass is 155 g/mol. The highest BCUT2D eigenvalue weighted by molar-refractivity contribution is 8.01. The molecule has 0 aromatic carbocycles. The summed E-state index contributed by atoms with van der Waals surface area (Å²) in [5.74, 6) is 0.743. The Labute approximate surface area is 55.8 Å². The highest BCUT2D eigenvalue weighted by Gasteiger charge is 2.41. The van der Waals surface area contributed by atoms with Crippen molar-refractivity contribution in [1.29, 1.82) is 0 Å². The molecular formula is C5H6F3S. The van der Waals surface area contributed by atoms with Gasteiger partial charge in [0.2, 0.25) is 0 Å². The second kappa shape index (κ2) is 2.40. The standard InChI is InChI=1S/C5H6F3S/c6-5(7,8)4-1-2-9-3-4/h3-4H,1-2H2. The molecule has 0 bridgehead atoms. The van der Waals surface area contributed by atoms with Gasteiger partial charge in [-0.05, 0) is 12.2 Å². The molecule has 0 aromatic rings. The number of rotatable bonds is 0. The van der Waals surface area contributed by atoms with Gasteiger partial charge in [0.15, 0.2) is 0 Å². The molecule has 4 heteroatoms. The molecule has 0 spiro atoms. The summed E-state index contributed by atoms with van der Waals surface area (Å²) in [4.78, 5) is 0. The average molecular weight is 155 g/mol. The molecule has 1 radical (unpaired) electrons. The fourth-order valence-electron chi connectivity index (χ4n) is 0.688. The van der Waals surface area contributed by atoms with E-state index in [0.717, 1.165) is 0 Å². The van der Waals surface area contributed by atoms with Crippen LogP contribution in [0.4, 0.5) is 13.2 Å². The summed E-state index contributed by atoms with van der Waals surface area (Å²) in [7, 11) is 0. The quantitative estimate of drug-likeness (QED) is 0.517. The molecule has 9 heavy (non-hydrogen) atoms. The van der Waals surface area contributed by atoms with E-state index in [4.69, 9.17) is 0 Å². The largest absolute Gasteiger partial charge is 0.392 e. The van der Waals surface area contributed by atoms with Gasteiger partial charge in [-0.25, -0.2) is 0 Å². The van der Waals surface area contributed by atoms with Crippen molar-refractivity contribution in [1.82, 2.24) is 0 Å². The Morgan fingerprint density at radius 2 is 2.11 bits per heavy atom. The fourth-order valence-corrected chi connectivity index (χ4v) is 1.74. The lowest BCUT2D eigenvalue weighted by Crippen LogP contribution is -2.19. The topological polar surface area (TPSA) is 0 Å². The van der Waals surface area contributed by atoms with Gasteiger partial charge < -0.3 is 0 Å². The number of halogens is 3. The number of thioether (sulfide) groups is 1. The third kappa shape index (κ3) is 1.78. The first kappa shape index (κ1) is 7.25. The Morgan fingerprint density at radius 1 is 1.44 bits per heavy atom. The maximum atomic E-state index is 11.7. The van der Waals surface area contributed by atoms with Crippen LogP contribution in [0.25, 0.3) is 0 Å². The van der Waals surface area contributed by atoms with Gasteiger partial charge in [-0.1, -0.05) is 0 Å². The predicted octanol–water partition coefficient (Wildman–Crippen LogP) is 2.46. The van der Waals surface area contributed by atoms with Crippen molar-refractivity contribution in [3.63, 3.8) is 0 Å². The zero-order valence-electron chi connectivity index (χ0n) is 4.61. The van der Waals surface area contributed by atoms with Crippen molar-refractivity contribution in [2.24, 2.45) is 5.92 Å². The van der Waals surface area contributed by atoms with E-state index in [9.17, 15) is 13.2 Å². The van der Waals surface area contributed by atoms with Crippen LogP contribution in [-0.2, 0) is 0 Å². The second-order valence-corrected chi connectivity index (χ2v) is 2.96. The Balaban J connectivity index is 2.42. The smallest absolute Gasteiger partial charge is 0.171 e. The van der Waals surface area contributed by atoms with Crippen molar-refractivity contribution in [3.05, 3.63) is 5.75 Å². The Bertz CT molecular complexity index is 92.9. The van der Waals surface area contributed by atoms with Crippen molar-refractivity contribution in [2.45, 2.75) is 12.6 Å². The molecule has 0 aliphatic carbocycles. The van der Waals surface area contributed by atoms with Crippen LogP contribution in [-0.4, -0.2) is 11.9 Å². The molecule has 1 fully saturated rings. The van der Waals surface area contributed by atoms with E-state index in [2.05, 4.69) is 0 Å². The van der Waals surface area contributed by atoms with E-state index in [1.165, 1.54) is 17.5 Å². The number of alkyl halides is 3. The minimum atomic E-state index is -4.00. The summed E-state index contributed by atoms with van der Waals surface area (Å²) >= 11 is 1.26.